The highest BCUT2D eigenvalue weighted by Gasteiger charge is 2.24. The normalized spacial score (nSPS) is 13.0. The van der Waals surface area contributed by atoms with Crippen LogP contribution in [0.4, 0.5) is 4.79 Å². The van der Waals surface area contributed by atoms with Crippen LogP contribution in [-0.4, -0.2) is 66.3 Å². The van der Waals surface area contributed by atoms with E-state index in [4.69, 9.17) is 19.4 Å². The van der Waals surface area contributed by atoms with E-state index in [0.717, 1.165) is 42.9 Å². The van der Waals surface area contributed by atoms with Gasteiger partial charge in [0, 0.05) is 50.8 Å². The van der Waals surface area contributed by atoms with Crippen molar-refractivity contribution >= 4 is 29.1 Å². The number of H-pyrrole nitrogens is 1. The third-order valence-electron chi connectivity index (χ3n) is 8.57. The van der Waals surface area contributed by atoms with Crippen molar-refractivity contribution in [3.8, 4) is 0 Å². The highest BCUT2D eigenvalue weighted by molar-refractivity contribution is 5.95. The molecule has 3 aromatic heterocycles. The number of carbonyl (C=O) groups is 3. The molecule has 0 saturated heterocycles. The molecule has 0 radical (unpaired) electrons. The standard InChI is InChI=1S/C35H38N8O7/c1-3-42-30-29(32(45)40-34(42)47)43(28(39-30)17-25-20-41-15-8-7-14-27(41)37-25)19-23-12-9-13-24(16-23)31(44)36-18-26(33(46)49-2)38-35(48)50-21-22-10-5-4-6-11-22/h4-6,9-13,16,20,26H,3,7-8,14-15,17-19,21H2,1-2H3,(H,36,44)(H,38,48)(H,40,45,47)/t26-/m0/s1. The summed E-state index contributed by atoms with van der Waals surface area (Å²) >= 11 is 0. The van der Waals surface area contributed by atoms with Crippen molar-refractivity contribution in [1.82, 2.24) is 39.3 Å². The molecule has 260 valence electrons. The van der Waals surface area contributed by atoms with Crippen LogP contribution in [0, 0.1) is 0 Å². The lowest BCUT2D eigenvalue weighted by molar-refractivity contribution is -0.142. The maximum Gasteiger partial charge on any atom is 0.408 e. The molecule has 3 N–H and O–H groups in total. The topological polar surface area (TPSA) is 184 Å². The number of amides is 2. The van der Waals surface area contributed by atoms with E-state index in [2.05, 4.69) is 20.2 Å². The monoisotopic (exact) mass is 682 g/mol. The fourth-order valence-electron chi connectivity index (χ4n) is 6.07. The Hall–Kier alpha value is -5.99. The first-order valence-electron chi connectivity index (χ1n) is 16.4. The first-order chi connectivity index (χ1) is 24.2. The number of rotatable bonds is 12. The van der Waals surface area contributed by atoms with Crippen molar-refractivity contribution in [1.29, 1.82) is 0 Å². The fourth-order valence-corrected chi connectivity index (χ4v) is 6.07. The van der Waals surface area contributed by atoms with Crippen LogP contribution in [0.2, 0.25) is 0 Å². The molecule has 0 unspecified atom stereocenters. The van der Waals surface area contributed by atoms with Crippen LogP contribution in [-0.2, 0) is 53.4 Å². The molecule has 50 heavy (non-hydrogen) atoms. The van der Waals surface area contributed by atoms with Crippen molar-refractivity contribution < 1.29 is 23.9 Å². The van der Waals surface area contributed by atoms with Gasteiger partial charge in [-0.3, -0.25) is 19.1 Å². The molecule has 5 aromatic rings. The lowest BCUT2D eigenvalue weighted by Gasteiger charge is -2.17. The number of esters is 1. The zero-order valence-electron chi connectivity index (χ0n) is 27.8. The van der Waals surface area contributed by atoms with Crippen molar-refractivity contribution in [2.75, 3.05) is 13.7 Å². The number of aryl methyl sites for hydroxylation is 3. The highest BCUT2D eigenvalue weighted by atomic mass is 16.6. The van der Waals surface area contributed by atoms with Gasteiger partial charge in [0.1, 0.15) is 24.3 Å². The zero-order valence-corrected chi connectivity index (χ0v) is 27.8. The van der Waals surface area contributed by atoms with Crippen LogP contribution in [0.3, 0.4) is 0 Å². The van der Waals surface area contributed by atoms with Gasteiger partial charge >= 0.3 is 17.8 Å². The fraction of sp³-hybridized carbons (Fsp3) is 0.343. The molecule has 0 aliphatic carbocycles. The molecular formula is C35H38N8O7. The number of carbonyl (C=O) groups excluding carboxylic acids is 3. The molecule has 1 aliphatic rings. The van der Waals surface area contributed by atoms with E-state index in [1.807, 2.05) is 30.5 Å². The molecule has 0 saturated carbocycles. The molecular weight excluding hydrogens is 644 g/mol. The average Bonchev–Trinajstić information content (AvgIpc) is 3.70. The Labute approximate surface area is 286 Å². The van der Waals surface area contributed by atoms with Gasteiger partial charge in [0.15, 0.2) is 11.2 Å². The molecule has 0 fully saturated rings. The van der Waals surface area contributed by atoms with E-state index >= 15 is 0 Å². The molecule has 0 spiro atoms. The maximum absolute atomic E-state index is 13.3. The highest BCUT2D eigenvalue weighted by Crippen LogP contribution is 2.20. The second-order valence-electron chi connectivity index (χ2n) is 12.0. The largest absolute Gasteiger partial charge is 0.467 e. The number of alkyl carbamates (subject to hydrolysis) is 1. The van der Waals surface area contributed by atoms with E-state index in [1.54, 1.807) is 41.8 Å². The van der Waals surface area contributed by atoms with Gasteiger partial charge in [-0.15, -0.1) is 0 Å². The number of aromatic amines is 1. The number of imidazole rings is 2. The second-order valence-corrected chi connectivity index (χ2v) is 12.0. The molecule has 2 aromatic carbocycles. The Kier molecular flexibility index (Phi) is 10.2. The number of hydrogen-bond acceptors (Lipinski definition) is 9. The lowest BCUT2D eigenvalue weighted by Crippen LogP contribution is -2.49. The molecule has 0 bridgehead atoms. The van der Waals surface area contributed by atoms with Crippen LogP contribution in [0.25, 0.3) is 11.2 Å². The predicted octanol–water partition coefficient (Wildman–Crippen LogP) is 2.28. The number of ether oxygens (including phenoxy) is 2. The number of nitrogens with zero attached hydrogens (tertiary/aromatic N) is 5. The summed E-state index contributed by atoms with van der Waals surface area (Å²) in [6, 6.07) is 14.6. The van der Waals surface area contributed by atoms with E-state index in [-0.39, 0.29) is 36.4 Å². The Morgan fingerprint density at radius 2 is 1.80 bits per heavy atom. The lowest BCUT2D eigenvalue weighted by atomic mass is 10.1. The van der Waals surface area contributed by atoms with Crippen LogP contribution in [0.15, 0.2) is 70.4 Å². The number of nitrogens with one attached hydrogen (secondary N) is 3. The number of hydrogen-bond donors (Lipinski definition) is 3. The molecule has 1 atom stereocenters. The van der Waals surface area contributed by atoms with Crippen molar-refractivity contribution in [3.05, 3.63) is 116 Å². The van der Waals surface area contributed by atoms with Crippen molar-refractivity contribution in [2.45, 2.75) is 64.9 Å². The van der Waals surface area contributed by atoms with Gasteiger partial charge < -0.3 is 29.2 Å². The SMILES string of the molecule is CCn1c(=O)[nH]c(=O)c2c1nc(Cc1cn3c(n1)CCCC3)n2Cc1cccc(C(=O)NC[C@H](NC(=O)OCc2ccccc2)C(=O)OC)c1. The van der Waals surface area contributed by atoms with Gasteiger partial charge in [0.05, 0.1) is 12.8 Å². The number of methoxy groups -OCH3 is 1. The third-order valence-corrected chi connectivity index (χ3v) is 8.57. The Morgan fingerprint density at radius 3 is 2.56 bits per heavy atom. The van der Waals surface area contributed by atoms with Gasteiger partial charge in [-0.1, -0.05) is 42.5 Å². The first-order valence-corrected chi connectivity index (χ1v) is 16.4. The summed E-state index contributed by atoms with van der Waals surface area (Å²) in [6.07, 6.45) is 4.57. The summed E-state index contributed by atoms with van der Waals surface area (Å²) in [5.41, 5.74) is 1.96. The minimum atomic E-state index is -1.20. The molecule has 15 heteroatoms. The van der Waals surface area contributed by atoms with Crippen molar-refractivity contribution in [3.63, 3.8) is 0 Å². The summed E-state index contributed by atoms with van der Waals surface area (Å²) in [4.78, 5) is 75.9. The number of fused-ring (bicyclic) bond motifs is 2. The van der Waals surface area contributed by atoms with Gasteiger partial charge in [-0.05, 0) is 43.0 Å². The average molecular weight is 683 g/mol. The second kappa shape index (κ2) is 15.1. The van der Waals surface area contributed by atoms with Crippen molar-refractivity contribution in [2.24, 2.45) is 0 Å². The van der Waals surface area contributed by atoms with E-state index in [0.29, 0.717) is 24.4 Å². The summed E-state index contributed by atoms with van der Waals surface area (Å²) in [5.74, 6) is 0.307. The maximum atomic E-state index is 13.3. The Morgan fingerprint density at radius 1 is 1.00 bits per heavy atom. The summed E-state index contributed by atoms with van der Waals surface area (Å²) in [6.45, 7) is 2.92. The van der Waals surface area contributed by atoms with E-state index in [1.165, 1.54) is 11.7 Å². The van der Waals surface area contributed by atoms with Gasteiger partial charge in [0.2, 0.25) is 0 Å². The minimum Gasteiger partial charge on any atom is -0.467 e. The van der Waals surface area contributed by atoms with E-state index < -0.39 is 35.3 Å². The Bertz CT molecular complexity index is 2120. The molecule has 2 amide bonds. The van der Waals surface area contributed by atoms with E-state index in [9.17, 15) is 24.0 Å². The van der Waals surface area contributed by atoms with Gasteiger partial charge in [0.25, 0.3) is 11.5 Å². The van der Waals surface area contributed by atoms with Crippen LogP contribution in [0.5, 0.6) is 0 Å². The van der Waals surface area contributed by atoms with Crippen LogP contribution < -0.4 is 21.9 Å². The molecule has 15 nitrogen and oxygen atoms in total. The molecule has 6 rings (SSSR count). The zero-order chi connectivity index (χ0) is 35.2. The van der Waals surface area contributed by atoms with Crippen LogP contribution >= 0.6 is 0 Å². The predicted molar refractivity (Wildman–Crippen MR) is 182 cm³/mol. The molecule has 1 aliphatic heterocycles. The quantitative estimate of drug-likeness (QED) is 0.166. The Balaban J connectivity index is 1.20. The third kappa shape index (κ3) is 7.51. The number of benzene rings is 2. The van der Waals surface area contributed by atoms with Crippen LogP contribution in [0.1, 0.15) is 58.6 Å². The summed E-state index contributed by atoms with van der Waals surface area (Å²) in [5, 5.41) is 5.11. The smallest absolute Gasteiger partial charge is 0.408 e. The van der Waals surface area contributed by atoms with Gasteiger partial charge in [-0.2, -0.15) is 0 Å². The molecule has 4 heterocycles. The summed E-state index contributed by atoms with van der Waals surface area (Å²) in [7, 11) is 1.18. The van der Waals surface area contributed by atoms with Gasteiger partial charge in [-0.25, -0.2) is 24.4 Å². The minimum absolute atomic E-state index is 0.000289. The number of aromatic nitrogens is 6. The first kappa shape index (κ1) is 33.9. The summed E-state index contributed by atoms with van der Waals surface area (Å²) < 4.78 is 15.4.